The Balaban J connectivity index is 1.83. The van der Waals surface area contributed by atoms with Crippen molar-refractivity contribution in [3.05, 3.63) is 29.3 Å². The molecule has 0 saturated carbocycles. The van der Waals surface area contributed by atoms with Gasteiger partial charge in [-0.05, 0) is 56.0 Å². The number of hydrogen-bond donors (Lipinski definition) is 1. The van der Waals surface area contributed by atoms with Crippen molar-refractivity contribution >= 4 is 0 Å². The van der Waals surface area contributed by atoms with Gasteiger partial charge in [0, 0.05) is 25.7 Å². The van der Waals surface area contributed by atoms with Crippen LogP contribution < -0.4 is 10.1 Å². The first-order valence-electron chi connectivity index (χ1n) is 7.92. The van der Waals surface area contributed by atoms with E-state index in [-0.39, 0.29) is 0 Å². The third kappa shape index (κ3) is 4.22. The van der Waals surface area contributed by atoms with Gasteiger partial charge in [0.1, 0.15) is 5.75 Å². The van der Waals surface area contributed by atoms with Crippen LogP contribution in [0.4, 0.5) is 0 Å². The minimum absolute atomic E-state index is 0.539. The molecule has 0 aromatic heterocycles. The van der Waals surface area contributed by atoms with E-state index in [4.69, 9.17) is 9.47 Å². The lowest BCUT2D eigenvalue weighted by molar-refractivity contribution is 0.131. The van der Waals surface area contributed by atoms with Crippen molar-refractivity contribution in [3.63, 3.8) is 0 Å². The molecule has 3 heteroatoms. The zero-order valence-corrected chi connectivity index (χ0v) is 12.8. The Bertz CT molecular complexity index is 406. The summed E-state index contributed by atoms with van der Waals surface area (Å²) in [6.07, 6.45) is 4.51. The summed E-state index contributed by atoms with van der Waals surface area (Å²) in [7, 11) is 0. The topological polar surface area (TPSA) is 30.5 Å². The Morgan fingerprint density at radius 3 is 2.95 bits per heavy atom. The predicted molar refractivity (Wildman–Crippen MR) is 82.4 cm³/mol. The molecule has 0 spiro atoms. The molecule has 1 aromatic rings. The Labute approximate surface area is 122 Å². The number of rotatable bonds is 9. The number of fused-ring (bicyclic) bond motifs is 1. The van der Waals surface area contributed by atoms with Gasteiger partial charge >= 0.3 is 0 Å². The molecule has 2 rings (SSSR count). The zero-order valence-electron chi connectivity index (χ0n) is 12.8. The van der Waals surface area contributed by atoms with E-state index >= 15 is 0 Å². The molecule has 1 aromatic carbocycles. The number of nitrogens with one attached hydrogen (secondary N) is 1. The maximum Gasteiger partial charge on any atom is 0.119 e. The van der Waals surface area contributed by atoms with Crippen LogP contribution in [-0.4, -0.2) is 26.4 Å². The normalized spacial score (nSPS) is 17.2. The molecule has 0 radical (unpaired) electrons. The van der Waals surface area contributed by atoms with Gasteiger partial charge < -0.3 is 14.8 Å². The average Bonchev–Trinajstić information content (AvgIpc) is 2.87. The number of aryl methyl sites for hydroxylation is 1. The smallest absolute Gasteiger partial charge is 0.119 e. The quantitative estimate of drug-likeness (QED) is 0.701. The van der Waals surface area contributed by atoms with E-state index in [1.54, 1.807) is 0 Å². The van der Waals surface area contributed by atoms with Crippen LogP contribution in [0.1, 0.15) is 50.3 Å². The molecule has 1 atom stereocenters. The standard InChI is InChI=1S/C17H27NO2/c1-3-10-18-17-9-6-14-13-15(7-8-16(14)17)20-12-5-11-19-4-2/h7-8,13,17-18H,3-6,9-12H2,1-2H3. The van der Waals surface area contributed by atoms with Crippen molar-refractivity contribution in [2.24, 2.45) is 0 Å². The summed E-state index contributed by atoms with van der Waals surface area (Å²) < 4.78 is 11.1. The fraction of sp³-hybridized carbons (Fsp3) is 0.647. The number of ether oxygens (including phenoxy) is 2. The molecule has 0 amide bonds. The highest BCUT2D eigenvalue weighted by Crippen LogP contribution is 2.33. The van der Waals surface area contributed by atoms with Crippen LogP contribution in [0.15, 0.2) is 18.2 Å². The maximum atomic E-state index is 5.79. The van der Waals surface area contributed by atoms with Gasteiger partial charge in [-0.15, -0.1) is 0 Å². The second kappa shape index (κ2) is 8.28. The summed E-state index contributed by atoms with van der Waals surface area (Å²) in [5, 5.41) is 3.62. The lowest BCUT2D eigenvalue weighted by Gasteiger charge is -2.14. The molecule has 0 bridgehead atoms. The first kappa shape index (κ1) is 15.3. The van der Waals surface area contributed by atoms with Gasteiger partial charge in [0.15, 0.2) is 0 Å². The molecule has 1 N–H and O–H groups in total. The molecular formula is C17H27NO2. The first-order valence-corrected chi connectivity index (χ1v) is 7.92. The van der Waals surface area contributed by atoms with Crippen molar-refractivity contribution in [2.45, 2.75) is 45.6 Å². The molecule has 20 heavy (non-hydrogen) atoms. The predicted octanol–water partition coefficient (Wildman–Crippen LogP) is 3.48. The average molecular weight is 277 g/mol. The Kier molecular flexibility index (Phi) is 6.34. The minimum Gasteiger partial charge on any atom is -0.493 e. The van der Waals surface area contributed by atoms with Crippen LogP contribution in [-0.2, 0) is 11.2 Å². The zero-order chi connectivity index (χ0) is 14.2. The number of benzene rings is 1. The molecule has 3 nitrogen and oxygen atoms in total. The van der Waals surface area contributed by atoms with Crippen LogP contribution in [0, 0.1) is 0 Å². The van der Waals surface area contributed by atoms with E-state index in [1.807, 2.05) is 6.92 Å². The summed E-state index contributed by atoms with van der Waals surface area (Å²) in [6, 6.07) is 7.08. The van der Waals surface area contributed by atoms with Crippen molar-refractivity contribution in [1.29, 1.82) is 0 Å². The monoisotopic (exact) mass is 277 g/mol. The highest BCUT2D eigenvalue weighted by Gasteiger charge is 2.21. The molecule has 1 aliphatic rings. The summed E-state index contributed by atoms with van der Waals surface area (Å²) in [4.78, 5) is 0. The first-order chi connectivity index (χ1) is 9.85. The summed E-state index contributed by atoms with van der Waals surface area (Å²) >= 11 is 0. The van der Waals surface area contributed by atoms with Crippen LogP contribution >= 0.6 is 0 Å². The Morgan fingerprint density at radius 1 is 1.25 bits per heavy atom. The largest absolute Gasteiger partial charge is 0.493 e. The van der Waals surface area contributed by atoms with Gasteiger partial charge in [0.05, 0.1) is 6.61 Å². The third-order valence-electron chi connectivity index (χ3n) is 3.74. The van der Waals surface area contributed by atoms with Crippen LogP contribution in [0.25, 0.3) is 0 Å². The third-order valence-corrected chi connectivity index (χ3v) is 3.74. The molecule has 112 valence electrons. The molecule has 1 unspecified atom stereocenters. The van der Waals surface area contributed by atoms with Gasteiger partial charge in [-0.1, -0.05) is 13.0 Å². The van der Waals surface area contributed by atoms with Gasteiger partial charge in [-0.2, -0.15) is 0 Å². The Hall–Kier alpha value is -1.06. The van der Waals surface area contributed by atoms with Crippen molar-refractivity contribution < 1.29 is 9.47 Å². The van der Waals surface area contributed by atoms with Crippen molar-refractivity contribution in [1.82, 2.24) is 5.32 Å². The van der Waals surface area contributed by atoms with Gasteiger partial charge in [0.2, 0.25) is 0 Å². The molecule has 0 aliphatic heterocycles. The lowest BCUT2D eigenvalue weighted by atomic mass is 10.1. The molecule has 0 heterocycles. The van der Waals surface area contributed by atoms with Crippen LogP contribution in [0.5, 0.6) is 5.75 Å². The summed E-state index contributed by atoms with van der Waals surface area (Å²) in [5.41, 5.74) is 2.90. The number of hydrogen-bond acceptors (Lipinski definition) is 3. The maximum absolute atomic E-state index is 5.79. The van der Waals surface area contributed by atoms with E-state index in [1.165, 1.54) is 24.0 Å². The summed E-state index contributed by atoms with van der Waals surface area (Å²) in [5.74, 6) is 0.997. The van der Waals surface area contributed by atoms with E-state index in [9.17, 15) is 0 Å². The molecular weight excluding hydrogens is 250 g/mol. The molecule has 0 fully saturated rings. The van der Waals surface area contributed by atoms with Gasteiger partial charge in [-0.25, -0.2) is 0 Å². The van der Waals surface area contributed by atoms with E-state index in [0.717, 1.165) is 45.0 Å². The molecule has 1 aliphatic carbocycles. The highest BCUT2D eigenvalue weighted by molar-refractivity contribution is 5.40. The summed E-state index contributed by atoms with van der Waals surface area (Å²) in [6.45, 7) is 7.62. The second-order valence-electron chi connectivity index (χ2n) is 5.30. The van der Waals surface area contributed by atoms with E-state index in [2.05, 4.69) is 30.4 Å². The Morgan fingerprint density at radius 2 is 2.15 bits per heavy atom. The van der Waals surface area contributed by atoms with E-state index in [0.29, 0.717) is 6.04 Å². The van der Waals surface area contributed by atoms with Crippen molar-refractivity contribution in [2.75, 3.05) is 26.4 Å². The van der Waals surface area contributed by atoms with E-state index < -0.39 is 0 Å². The SMILES string of the molecule is CCCNC1CCc2cc(OCCCOCC)ccc21. The van der Waals surface area contributed by atoms with Crippen molar-refractivity contribution in [3.8, 4) is 5.75 Å². The highest BCUT2D eigenvalue weighted by atomic mass is 16.5. The van der Waals surface area contributed by atoms with Crippen LogP contribution in [0.2, 0.25) is 0 Å². The minimum atomic E-state index is 0.539. The fourth-order valence-corrected chi connectivity index (χ4v) is 2.71. The van der Waals surface area contributed by atoms with Gasteiger partial charge in [-0.3, -0.25) is 0 Å². The molecule has 0 saturated heterocycles. The lowest BCUT2D eigenvalue weighted by Crippen LogP contribution is -2.19. The fourth-order valence-electron chi connectivity index (χ4n) is 2.71. The van der Waals surface area contributed by atoms with Gasteiger partial charge in [0.25, 0.3) is 0 Å². The van der Waals surface area contributed by atoms with Crippen LogP contribution in [0.3, 0.4) is 0 Å². The second-order valence-corrected chi connectivity index (χ2v) is 5.30.